The summed E-state index contributed by atoms with van der Waals surface area (Å²) < 4.78 is 5.35. The molecular weight excluding hydrogens is 278 g/mol. The van der Waals surface area contributed by atoms with Gasteiger partial charge in [-0.3, -0.25) is 4.90 Å². The Bertz CT molecular complexity index is 682. The van der Waals surface area contributed by atoms with E-state index in [-0.39, 0.29) is 11.7 Å². The summed E-state index contributed by atoms with van der Waals surface area (Å²) in [5, 5.41) is 9.59. The topological polar surface area (TPSA) is 49.8 Å². The maximum atomic E-state index is 12.2. The Labute approximate surface area is 129 Å². The van der Waals surface area contributed by atoms with Crippen LogP contribution in [-0.4, -0.2) is 22.6 Å². The van der Waals surface area contributed by atoms with Crippen LogP contribution in [0.2, 0.25) is 0 Å². The van der Waals surface area contributed by atoms with Gasteiger partial charge in [-0.05, 0) is 36.2 Å². The van der Waals surface area contributed by atoms with Gasteiger partial charge in [-0.15, -0.1) is 0 Å². The molecule has 2 aromatic carbocycles. The van der Waals surface area contributed by atoms with E-state index in [2.05, 4.69) is 0 Å². The van der Waals surface area contributed by atoms with Crippen molar-refractivity contribution in [2.45, 2.75) is 12.3 Å². The molecule has 0 aromatic heterocycles. The Morgan fingerprint density at radius 2 is 1.95 bits per heavy atom. The number of hydrogen-bond acceptors (Lipinski definition) is 3. The average molecular weight is 295 g/mol. The molecular formula is C18H17NO3. The minimum Gasteiger partial charge on any atom is -0.508 e. The molecule has 22 heavy (non-hydrogen) atoms. The normalized spacial score (nSPS) is 17.3. The van der Waals surface area contributed by atoms with Crippen LogP contribution in [0.3, 0.4) is 0 Å². The van der Waals surface area contributed by atoms with Gasteiger partial charge in [0, 0.05) is 18.7 Å². The van der Waals surface area contributed by atoms with Gasteiger partial charge in [0.1, 0.15) is 11.5 Å². The molecule has 4 nitrogen and oxygen atoms in total. The summed E-state index contributed by atoms with van der Waals surface area (Å²) in [6.07, 6.45) is 4.14. The van der Waals surface area contributed by atoms with Crippen molar-refractivity contribution in [2.24, 2.45) is 0 Å². The predicted octanol–water partition coefficient (Wildman–Crippen LogP) is 3.89. The molecule has 0 unspecified atom stereocenters. The number of phenols is 1. The first-order valence-electron chi connectivity index (χ1n) is 7.21. The van der Waals surface area contributed by atoms with Crippen LogP contribution >= 0.6 is 0 Å². The lowest BCUT2D eigenvalue weighted by Crippen LogP contribution is -2.34. The molecule has 4 heteroatoms. The number of aromatic hydroxyl groups is 1. The molecule has 0 fully saturated rings. The first kappa shape index (κ1) is 14.2. The van der Waals surface area contributed by atoms with Crippen LogP contribution in [0.1, 0.15) is 17.9 Å². The van der Waals surface area contributed by atoms with Crippen molar-refractivity contribution in [2.75, 3.05) is 6.54 Å². The van der Waals surface area contributed by atoms with Crippen molar-refractivity contribution in [1.82, 2.24) is 4.90 Å². The Kier molecular flexibility index (Phi) is 4.10. The molecule has 0 bridgehead atoms. The van der Waals surface area contributed by atoms with Crippen molar-refractivity contribution >= 4 is 6.09 Å². The molecule has 1 N–H and O–H groups in total. The molecule has 112 valence electrons. The van der Waals surface area contributed by atoms with Gasteiger partial charge in [0.2, 0.25) is 0 Å². The van der Waals surface area contributed by atoms with Crippen LogP contribution in [-0.2, 0) is 0 Å². The zero-order chi connectivity index (χ0) is 15.4. The summed E-state index contributed by atoms with van der Waals surface area (Å²) in [5.74, 6) is 0.922. The Balaban J connectivity index is 1.69. The highest BCUT2D eigenvalue weighted by Crippen LogP contribution is 2.27. The van der Waals surface area contributed by atoms with E-state index in [4.69, 9.17) is 4.74 Å². The zero-order valence-corrected chi connectivity index (χ0v) is 12.1. The third kappa shape index (κ3) is 3.28. The predicted molar refractivity (Wildman–Crippen MR) is 83.8 cm³/mol. The highest BCUT2D eigenvalue weighted by molar-refractivity contribution is 5.72. The molecule has 0 spiro atoms. The standard InChI is InChI=1S/C18H17NO3/c20-16-8-4-6-14(12-16)15-7-5-11-19(13-15)18(21)22-17-9-2-1-3-10-17/h1-6,8-12,15,20H,7,13H2/t15-/m1/s1. The minimum atomic E-state index is -0.396. The van der Waals surface area contributed by atoms with Crippen LogP contribution in [0.4, 0.5) is 4.79 Å². The fourth-order valence-electron chi connectivity index (χ4n) is 2.53. The quantitative estimate of drug-likeness (QED) is 0.914. The van der Waals surface area contributed by atoms with Crippen molar-refractivity contribution in [3.8, 4) is 11.5 Å². The van der Waals surface area contributed by atoms with Gasteiger partial charge in [0.25, 0.3) is 0 Å². The number of allylic oxidation sites excluding steroid dienone is 1. The van der Waals surface area contributed by atoms with Crippen molar-refractivity contribution in [3.63, 3.8) is 0 Å². The van der Waals surface area contributed by atoms with Gasteiger partial charge in [0.05, 0.1) is 0 Å². The van der Waals surface area contributed by atoms with Gasteiger partial charge >= 0.3 is 6.09 Å². The van der Waals surface area contributed by atoms with E-state index in [0.717, 1.165) is 12.0 Å². The van der Waals surface area contributed by atoms with E-state index >= 15 is 0 Å². The number of benzene rings is 2. The molecule has 0 aliphatic carbocycles. The minimum absolute atomic E-state index is 0.153. The molecule has 0 saturated heterocycles. The van der Waals surface area contributed by atoms with Crippen LogP contribution in [0.25, 0.3) is 0 Å². The maximum Gasteiger partial charge on any atom is 0.419 e. The fraction of sp³-hybridized carbons (Fsp3) is 0.167. The van der Waals surface area contributed by atoms with Crippen molar-refractivity contribution in [3.05, 3.63) is 72.4 Å². The summed E-state index contributed by atoms with van der Waals surface area (Å²) in [5.41, 5.74) is 1.02. The number of para-hydroxylation sites is 1. The number of nitrogens with zero attached hydrogens (tertiary/aromatic N) is 1. The second-order valence-electron chi connectivity index (χ2n) is 5.25. The molecule has 1 aliphatic heterocycles. The van der Waals surface area contributed by atoms with Crippen LogP contribution in [0, 0.1) is 0 Å². The monoisotopic (exact) mass is 295 g/mol. The first-order valence-corrected chi connectivity index (χ1v) is 7.21. The Morgan fingerprint density at radius 1 is 1.14 bits per heavy atom. The van der Waals surface area contributed by atoms with Gasteiger partial charge < -0.3 is 9.84 Å². The lowest BCUT2D eigenvalue weighted by molar-refractivity contribution is 0.165. The largest absolute Gasteiger partial charge is 0.508 e. The molecule has 1 atom stereocenters. The molecule has 0 saturated carbocycles. The molecule has 0 radical (unpaired) electrons. The second kappa shape index (κ2) is 6.35. The highest BCUT2D eigenvalue weighted by Gasteiger charge is 2.23. The third-order valence-corrected chi connectivity index (χ3v) is 3.65. The lowest BCUT2D eigenvalue weighted by Gasteiger charge is -2.27. The van der Waals surface area contributed by atoms with Crippen LogP contribution < -0.4 is 4.74 Å². The molecule has 1 aliphatic rings. The number of hydrogen-bond donors (Lipinski definition) is 1. The number of ether oxygens (including phenoxy) is 1. The average Bonchev–Trinajstić information content (AvgIpc) is 2.56. The van der Waals surface area contributed by atoms with Crippen molar-refractivity contribution < 1.29 is 14.6 Å². The molecule has 1 amide bonds. The number of rotatable bonds is 2. The van der Waals surface area contributed by atoms with Crippen molar-refractivity contribution in [1.29, 1.82) is 0 Å². The maximum absolute atomic E-state index is 12.2. The van der Waals surface area contributed by atoms with Gasteiger partial charge in [-0.2, -0.15) is 0 Å². The number of phenolic OH excluding ortho intramolecular Hbond substituents is 1. The smallest absolute Gasteiger partial charge is 0.419 e. The van der Waals surface area contributed by atoms with Gasteiger partial charge in [-0.25, -0.2) is 4.79 Å². The first-order chi connectivity index (χ1) is 10.7. The van der Waals surface area contributed by atoms with Gasteiger partial charge in [-0.1, -0.05) is 36.4 Å². The molecule has 1 heterocycles. The SMILES string of the molecule is O=C(Oc1ccccc1)N1C=CC[C@@H](c2cccc(O)c2)C1. The number of amides is 1. The summed E-state index contributed by atoms with van der Waals surface area (Å²) in [6.45, 7) is 0.533. The summed E-state index contributed by atoms with van der Waals surface area (Å²) >= 11 is 0. The van der Waals surface area contributed by atoms with E-state index in [1.54, 1.807) is 35.4 Å². The van der Waals surface area contributed by atoms with Crippen LogP contribution in [0.5, 0.6) is 11.5 Å². The highest BCUT2D eigenvalue weighted by atomic mass is 16.6. The van der Waals surface area contributed by atoms with E-state index in [9.17, 15) is 9.90 Å². The summed E-state index contributed by atoms with van der Waals surface area (Å²) in [6, 6.07) is 16.2. The van der Waals surface area contributed by atoms with E-state index < -0.39 is 6.09 Å². The summed E-state index contributed by atoms with van der Waals surface area (Å²) in [4.78, 5) is 13.8. The number of carbonyl (C=O) groups is 1. The van der Waals surface area contributed by atoms with E-state index in [1.165, 1.54) is 0 Å². The zero-order valence-electron chi connectivity index (χ0n) is 12.1. The fourth-order valence-corrected chi connectivity index (χ4v) is 2.53. The van der Waals surface area contributed by atoms with Gasteiger partial charge in [0.15, 0.2) is 0 Å². The van der Waals surface area contributed by atoms with Crippen LogP contribution in [0.15, 0.2) is 66.9 Å². The second-order valence-corrected chi connectivity index (χ2v) is 5.25. The Hall–Kier alpha value is -2.75. The molecule has 3 rings (SSSR count). The Morgan fingerprint density at radius 3 is 2.73 bits per heavy atom. The summed E-state index contributed by atoms with van der Waals surface area (Å²) in [7, 11) is 0. The van der Waals surface area contributed by atoms with E-state index in [0.29, 0.717) is 12.3 Å². The number of carbonyl (C=O) groups excluding carboxylic acids is 1. The molecule has 2 aromatic rings. The lowest BCUT2D eigenvalue weighted by atomic mass is 9.93. The van der Waals surface area contributed by atoms with E-state index in [1.807, 2.05) is 36.4 Å². The third-order valence-electron chi connectivity index (χ3n) is 3.65.